The maximum absolute atomic E-state index is 12.5. The molecule has 6 heteroatoms. The normalized spacial score (nSPS) is 20.2. The van der Waals surface area contributed by atoms with Crippen LogP contribution in [-0.4, -0.2) is 23.3 Å². The van der Waals surface area contributed by atoms with Gasteiger partial charge in [-0.3, -0.25) is 4.55 Å². The van der Waals surface area contributed by atoms with Gasteiger partial charge in [-0.15, -0.1) is 0 Å². The molecule has 0 bridgehead atoms. The molecule has 0 aromatic heterocycles. The van der Waals surface area contributed by atoms with E-state index in [1.165, 1.54) is 44.5 Å². The summed E-state index contributed by atoms with van der Waals surface area (Å²) in [5.74, 6) is 0. The van der Waals surface area contributed by atoms with Crippen LogP contribution < -0.4 is 4.90 Å². The van der Waals surface area contributed by atoms with Gasteiger partial charge < -0.3 is 4.90 Å². The smallest absolute Gasteiger partial charge is 0.302 e. The largest absolute Gasteiger partial charge is 0.310 e. The molecule has 7 rings (SSSR count). The van der Waals surface area contributed by atoms with Gasteiger partial charge in [0, 0.05) is 28.8 Å². The number of benzene rings is 4. The van der Waals surface area contributed by atoms with Crippen LogP contribution in [-0.2, 0) is 20.9 Å². The highest BCUT2D eigenvalue weighted by Gasteiger charge is 2.46. The van der Waals surface area contributed by atoms with Crippen molar-refractivity contribution in [3.8, 4) is 0 Å². The molecule has 0 saturated carbocycles. The summed E-state index contributed by atoms with van der Waals surface area (Å²) in [6, 6.07) is 25.0. The molecule has 3 aliphatic rings. The summed E-state index contributed by atoms with van der Waals surface area (Å²) in [6.45, 7) is 19.0. The van der Waals surface area contributed by atoms with Crippen LogP contribution >= 0.6 is 0 Å². The number of fused-ring (bicyclic) bond motifs is 6. The van der Waals surface area contributed by atoms with E-state index in [1.807, 2.05) is 36.5 Å². The molecular weight excluding hydrogens is 625 g/mol. The van der Waals surface area contributed by atoms with Gasteiger partial charge in [-0.1, -0.05) is 87.2 Å². The molecule has 0 fully saturated rings. The Balaban J connectivity index is 1.29. The van der Waals surface area contributed by atoms with Gasteiger partial charge in [-0.05, 0) is 109 Å². The SMILES string of the molecule is C=C[N+]1=C(C=CC2=C(C)C(=CC=C3N(C(=C)S(=O)(=O)O)c4ccc5ccccc5c4C3(C)C)CCC2)C(C)(C)c2c1ccc1ccccc21. The first-order valence-corrected chi connectivity index (χ1v) is 18.3. The summed E-state index contributed by atoms with van der Waals surface area (Å²) in [5.41, 5.74) is 9.07. The molecule has 1 aliphatic carbocycles. The monoisotopic (exact) mass is 667 g/mol. The second kappa shape index (κ2) is 11.7. The third kappa shape index (κ3) is 5.17. The summed E-state index contributed by atoms with van der Waals surface area (Å²) in [7, 11) is -4.55. The average molecular weight is 668 g/mol. The lowest BCUT2D eigenvalue weighted by Crippen LogP contribution is -2.28. The lowest BCUT2D eigenvalue weighted by atomic mass is 9.78. The number of anilines is 1. The van der Waals surface area contributed by atoms with Crippen LogP contribution in [0.3, 0.4) is 0 Å². The van der Waals surface area contributed by atoms with Crippen LogP contribution in [0.15, 0.2) is 144 Å². The predicted octanol–water partition coefficient (Wildman–Crippen LogP) is 10.5. The maximum atomic E-state index is 12.5. The topological polar surface area (TPSA) is 60.6 Å². The first-order valence-electron chi connectivity index (χ1n) is 16.9. The second-order valence-corrected chi connectivity index (χ2v) is 15.8. The molecule has 0 spiro atoms. The third-order valence-corrected chi connectivity index (χ3v) is 11.6. The van der Waals surface area contributed by atoms with E-state index in [9.17, 15) is 13.0 Å². The summed E-state index contributed by atoms with van der Waals surface area (Å²) in [5, 5.41) is 4.27. The fourth-order valence-corrected chi connectivity index (χ4v) is 8.72. The summed E-state index contributed by atoms with van der Waals surface area (Å²) in [4.78, 5) is 1.61. The molecule has 0 radical (unpaired) electrons. The van der Waals surface area contributed by atoms with Gasteiger partial charge >= 0.3 is 10.1 Å². The Morgan fingerprint density at radius 2 is 1.47 bits per heavy atom. The van der Waals surface area contributed by atoms with E-state index in [-0.39, 0.29) is 10.4 Å². The van der Waals surface area contributed by atoms with Crippen molar-refractivity contribution in [3.05, 3.63) is 155 Å². The van der Waals surface area contributed by atoms with Gasteiger partial charge in [0.1, 0.15) is 0 Å². The van der Waals surface area contributed by atoms with Crippen molar-refractivity contribution in [1.82, 2.24) is 0 Å². The van der Waals surface area contributed by atoms with Crippen LogP contribution in [0.2, 0.25) is 0 Å². The van der Waals surface area contributed by atoms with Crippen molar-refractivity contribution in [3.63, 3.8) is 0 Å². The van der Waals surface area contributed by atoms with Gasteiger partial charge in [0.15, 0.2) is 16.9 Å². The standard InChI is InChI=1S/C43H42N2O3S/c1-8-44-36-24-20-32-14-9-11-18-34(32)40(36)42(4,5)38(44)26-22-30-16-13-17-31(28(30)2)23-27-39-43(6,7)41-35-19-12-10-15-33(35)21-25-37(41)45(39)29(3)49(46,47)48/h8-12,14-15,18-27H,1,3,13,16-17H2,2,4-7H3/p+1. The number of allylic oxidation sites excluding steroid dienone is 8. The van der Waals surface area contributed by atoms with Crippen LogP contribution in [0.5, 0.6) is 0 Å². The van der Waals surface area contributed by atoms with E-state index < -0.39 is 15.5 Å². The molecule has 0 amide bonds. The van der Waals surface area contributed by atoms with Crippen molar-refractivity contribution in [2.45, 2.75) is 64.7 Å². The van der Waals surface area contributed by atoms with E-state index >= 15 is 0 Å². The molecule has 0 atom stereocenters. The van der Waals surface area contributed by atoms with E-state index in [4.69, 9.17) is 0 Å². The highest BCUT2D eigenvalue weighted by Crippen LogP contribution is 2.53. The molecule has 1 N–H and O–H groups in total. The Hall–Kier alpha value is -4.78. The van der Waals surface area contributed by atoms with E-state index in [2.05, 4.69) is 119 Å². The fourth-order valence-electron chi connectivity index (χ4n) is 8.30. The predicted molar refractivity (Wildman–Crippen MR) is 204 cm³/mol. The first kappa shape index (κ1) is 32.8. The number of nitrogens with zero attached hydrogens (tertiary/aromatic N) is 2. The molecule has 2 aliphatic heterocycles. The highest BCUT2D eigenvalue weighted by atomic mass is 32.2. The number of rotatable bonds is 6. The van der Waals surface area contributed by atoms with Crippen LogP contribution in [0.1, 0.15) is 65.0 Å². The Labute approximate surface area is 290 Å². The van der Waals surface area contributed by atoms with E-state index in [0.29, 0.717) is 5.69 Å². The minimum absolute atomic E-state index is 0.223. The van der Waals surface area contributed by atoms with E-state index in [1.54, 1.807) is 4.90 Å². The Kier molecular flexibility index (Phi) is 7.81. The van der Waals surface area contributed by atoms with Gasteiger partial charge in [0.05, 0.1) is 11.1 Å². The minimum atomic E-state index is -4.55. The third-order valence-electron chi connectivity index (χ3n) is 10.8. The van der Waals surface area contributed by atoms with Gasteiger partial charge in [0.25, 0.3) is 0 Å². The molecule has 248 valence electrons. The second-order valence-electron chi connectivity index (χ2n) is 14.3. The van der Waals surface area contributed by atoms with Crippen molar-refractivity contribution < 1.29 is 17.5 Å². The molecule has 0 unspecified atom stereocenters. The minimum Gasteiger partial charge on any atom is -0.302 e. The van der Waals surface area contributed by atoms with Crippen LogP contribution in [0.4, 0.5) is 11.4 Å². The fraction of sp³-hybridized carbons (Fsp3) is 0.233. The molecule has 0 saturated heterocycles. The zero-order valence-electron chi connectivity index (χ0n) is 28.9. The molecule has 4 aromatic rings. The lowest BCUT2D eigenvalue weighted by Gasteiger charge is -2.27. The van der Waals surface area contributed by atoms with Crippen molar-refractivity contribution in [2.75, 3.05) is 4.90 Å². The molecule has 2 heterocycles. The van der Waals surface area contributed by atoms with E-state index in [0.717, 1.165) is 41.3 Å². The molecule has 49 heavy (non-hydrogen) atoms. The van der Waals surface area contributed by atoms with Crippen LogP contribution in [0.25, 0.3) is 21.5 Å². The first-order chi connectivity index (χ1) is 23.3. The molecule has 5 nitrogen and oxygen atoms in total. The van der Waals surface area contributed by atoms with Crippen molar-refractivity contribution in [1.29, 1.82) is 0 Å². The zero-order chi connectivity index (χ0) is 34.9. The highest BCUT2D eigenvalue weighted by molar-refractivity contribution is 7.89. The average Bonchev–Trinajstić information content (AvgIpc) is 3.44. The molecule has 4 aromatic carbocycles. The number of hydrogen-bond donors (Lipinski definition) is 1. The van der Waals surface area contributed by atoms with Crippen LogP contribution in [0, 0.1) is 0 Å². The van der Waals surface area contributed by atoms with Gasteiger partial charge in [0.2, 0.25) is 5.69 Å². The summed E-state index contributed by atoms with van der Waals surface area (Å²) in [6.07, 6.45) is 13.5. The quantitative estimate of drug-likeness (QED) is 0.164. The summed E-state index contributed by atoms with van der Waals surface area (Å²) >= 11 is 0. The Morgan fingerprint density at radius 3 is 2.12 bits per heavy atom. The maximum Gasteiger partial charge on any atom is 0.310 e. The van der Waals surface area contributed by atoms with Crippen molar-refractivity contribution in [2.24, 2.45) is 0 Å². The summed E-state index contributed by atoms with van der Waals surface area (Å²) < 4.78 is 37.4. The number of hydrogen-bond acceptors (Lipinski definition) is 3. The molecular formula is C43H43N2O3S+. The zero-order valence-corrected chi connectivity index (χ0v) is 29.7. The Bertz CT molecular complexity index is 2380. The van der Waals surface area contributed by atoms with Gasteiger partial charge in [-0.25, -0.2) is 0 Å². The van der Waals surface area contributed by atoms with Gasteiger partial charge in [-0.2, -0.15) is 13.0 Å². The lowest BCUT2D eigenvalue weighted by molar-refractivity contribution is -0.355. The Morgan fingerprint density at radius 1 is 0.837 bits per heavy atom. The van der Waals surface area contributed by atoms with Crippen molar-refractivity contribution >= 4 is 48.7 Å².